The van der Waals surface area contributed by atoms with Gasteiger partial charge in [0.2, 0.25) is 11.8 Å². The summed E-state index contributed by atoms with van der Waals surface area (Å²) in [6, 6.07) is 15.4. The number of hydrogen-bond donors (Lipinski definition) is 1. The van der Waals surface area contributed by atoms with Crippen LogP contribution in [0.15, 0.2) is 58.3 Å². The molecule has 31 heavy (non-hydrogen) atoms. The molecule has 0 radical (unpaired) electrons. The summed E-state index contributed by atoms with van der Waals surface area (Å²) in [6.07, 6.45) is 1.13. The zero-order valence-electron chi connectivity index (χ0n) is 17.3. The zero-order chi connectivity index (χ0) is 21.8. The first kappa shape index (κ1) is 21.4. The van der Waals surface area contributed by atoms with E-state index in [9.17, 15) is 9.59 Å². The van der Waals surface area contributed by atoms with E-state index in [4.69, 9.17) is 4.74 Å². The SMILES string of the molecule is COc1cccc(NC(=O)CSc2nc(CC(=O)N3c4ccccc4CC3C)cs2)c1. The number of hydrogen-bond acceptors (Lipinski definition) is 6. The molecule has 1 aliphatic heterocycles. The van der Waals surface area contributed by atoms with Crippen LogP contribution in [-0.2, 0) is 22.4 Å². The third kappa shape index (κ3) is 5.08. The molecule has 1 aliphatic rings. The first-order valence-corrected chi connectivity index (χ1v) is 11.8. The third-order valence-corrected chi connectivity index (χ3v) is 7.09. The molecule has 6 nitrogen and oxygen atoms in total. The number of thioether (sulfide) groups is 1. The lowest BCUT2D eigenvalue weighted by Crippen LogP contribution is -2.36. The van der Waals surface area contributed by atoms with Gasteiger partial charge in [0, 0.05) is 28.9 Å². The molecular weight excluding hydrogens is 430 g/mol. The quantitative estimate of drug-likeness (QED) is 0.537. The van der Waals surface area contributed by atoms with Crippen LogP contribution in [0.1, 0.15) is 18.2 Å². The molecule has 2 aromatic carbocycles. The van der Waals surface area contributed by atoms with Crippen molar-refractivity contribution in [2.45, 2.75) is 30.1 Å². The minimum absolute atomic E-state index is 0.0510. The monoisotopic (exact) mass is 453 g/mol. The van der Waals surface area contributed by atoms with E-state index in [1.165, 1.54) is 28.7 Å². The molecular formula is C23H23N3O3S2. The number of ether oxygens (including phenoxy) is 1. The van der Waals surface area contributed by atoms with E-state index < -0.39 is 0 Å². The van der Waals surface area contributed by atoms with Crippen LogP contribution < -0.4 is 15.0 Å². The standard InChI is InChI=1S/C23H23N3O3S2/c1-15-10-16-6-3-4-9-20(16)26(15)22(28)12-18-13-30-23(25-18)31-14-21(27)24-17-7-5-8-19(11-17)29-2/h3-9,11,13,15H,10,12,14H2,1-2H3,(H,24,27). The Morgan fingerprint density at radius 2 is 2.10 bits per heavy atom. The summed E-state index contributed by atoms with van der Waals surface area (Å²) in [6.45, 7) is 2.07. The molecule has 4 rings (SSSR count). The lowest BCUT2D eigenvalue weighted by molar-refractivity contribution is -0.118. The second kappa shape index (κ2) is 9.53. The predicted octanol–water partition coefficient (Wildman–Crippen LogP) is 4.40. The molecule has 0 aliphatic carbocycles. The minimum Gasteiger partial charge on any atom is -0.497 e. The van der Waals surface area contributed by atoms with Gasteiger partial charge in [0.05, 0.1) is 25.0 Å². The van der Waals surface area contributed by atoms with Gasteiger partial charge in [-0.05, 0) is 37.1 Å². The fourth-order valence-corrected chi connectivity index (χ4v) is 5.29. The van der Waals surface area contributed by atoms with Gasteiger partial charge in [-0.1, -0.05) is 36.0 Å². The van der Waals surface area contributed by atoms with Crippen molar-refractivity contribution in [3.05, 3.63) is 65.2 Å². The van der Waals surface area contributed by atoms with Gasteiger partial charge in [-0.15, -0.1) is 11.3 Å². The van der Waals surface area contributed by atoms with Gasteiger partial charge in [0.25, 0.3) is 0 Å². The van der Waals surface area contributed by atoms with Gasteiger partial charge in [0.15, 0.2) is 4.34 Å². The molecule has 0 bridgehead atoms. The van der Waals surface area contributed by atoms with E-state index in [0.717, 1.165) is 22.1 Å². The first-order valence-electron chi connectivity index (χ1n) is 9.94. The van der Waals surface area contributed by atoms with Crippen LogP contribution in [0.5, 0.6) is 5.75 Å². The topological polar surface area (TPSA) is 71.5 Å². The number of nitrogens with zero attached hydrogens (tertiary/aromatic N) is 2. The van der Waals surface area contributed by atoms with Crippen molar-refractivity contribution in [3.63, 3.8) is 0 Å². The molecule has 8 heteroatoms. The molecule has 2 amide bonds. The summed E-state index contributed by atoms with van der Waals surface area (Å²) in [5.74, 6) is 0.868. The highest BCUT2D eigenvalue weighted by atomic mass is 32.2. The number of rotatable bonds is 7. The Morgan fingerprint density at radius 1 is 1.26 bits per heavy atom. The molecule has 1 aromatic heterocycles. The highest BCUT2D eigenvalue weighted by molar-refractivity contribution is 8.01. The fourth-order valence-electron chi connectivity index (χ4n) is 3.65. The minimum atomic E-state index is -0.117. The van der Waals surface area contributed by atoms with E-state index in [1.54, 1.807) is 13.2 Å². The molecule has 1 unspecified atom stereocenters. The van der Waals surface area contributed by atoms with Crippen molar-refractivity contribution < 1.29 is 14.3 Å². The number of benzene rings is 2. The van der Waals surface area contributed by atoms with Crippen LogP contribution in [0.2, 0.25) is 0 Å². The second-order valence-electron chi connectivity index (χ2n) is 7.30. The molecule has 1 atom stereocenters. The van der Waals surface area contributed by atoms with Gasteiger partial charge in [-0.2, -0.15) is 0 Å². The number of anilines is 2. The van der Waals surface area contributed by atoms with Crippen LogP contribution in [0, 0.1) is 0 Å². The van der Waals surface area contributed by atoms with Gasteiger partial charge in [0.1, 0.15) is 5.75 Å². The van der Waals surface area contributed by atoms with Crippen molar-refractivity contribution in [1.29, 1.82) is 0 Å². The Labute approximate surface area is 189 Å². The first-order chi connectivity index (χ1) is 15.0. The second-order valence-corrected chi connectivity index (χ2v) is 9.38. The van der Waals surface area contributed by atoms with Gasteiger partial charge in [-0.3, -0.25) is 9.59 Å². The maximum atomic E-state index is 12.9. The van der Waals surface area contributed by atoms with Crippen LogP contribution in [0.3, 0.4) is 0 Å². The predicted molar refractivity (Wildman–Crippen MR) is 125 cm³/mol. The number of aromatic nitrogens is 1. The van der Waals surface area contributed by atoms with Crippen molar-refractivity contribution in [2.24, 2.45) is 0 Å². The Balaban J connectivity index is 1.31. The number of amides is 2. The molecule has 1 N–H and O–H groups in total. The number of nitrogens with one attached hydrogen (secondary N) is 1. The van der Waals surface area contributed by atoms with E-state index in [1.807, 2.05) is 46.7 Å². The van der Waals surface area contributed by atoms with E-state index >= 15 is 0 Å². The molecule has 0 fully saturated rings. The third-order valence-electron chi connectivity index (χ3n) is 5.02. The summed E-state index contributed by atoms with van der Waals surface area (Å²) in [7, 11) is 1.59. The molecule has 2 heterocycles. The zero-order valence-corrected chi connectivity index (χ0v) is 19.0. The van der Waals surface area contributed by atoms with Crippen molar-refractivity contribution in [1.82, 2.24) is 4.98 Å². The molecule has 0 saturated heterocycles. The van der Waals surface area contributed by atoms with Crippen molar-refractivity contribution in [3.8, 4) is 5.75 Å². The molecule has 0 saturated carbocycles. The summed E-state index contributed by atoms with van der Waals surface area (Å²) in [5.41, 5.74) is 3.64. The smallest absolute Gasteiger partial charge is 0.234 e. The normalized spacial score (nSPS) is 14.9. The van der Waals surface area contributed by atoms with Crippen LogP contribution >= 0.6 is 23.1 Å². The Hall–Kier alpha value is -2.84. The number of para-hydroxylation sites is 1. The maximum Gasteiger partial charge on any atom is 0.234 e. The van der Waals surface area contributed by atoms with Gasteiger partial charge < -0.3 is 15.0 Å². The Morgan fingerprint density at radius 3 is 2.94 bits per heavy atom. The lowest BCUT2D eigenvalue weighted by atomic mass is 10.1. The van der Waals surface area contributed by atoms with Gasteiger partial charge in [-0.25, -0.2) is 4.98 Å². The van der Waals surface area contributed by atoms with Crippen LogP contribution in [-0.4, -0.2) is 35.7 Å². The Bertz CT molecular complexity index is 1100. The van der Waals surface area contributed by atoms with E-state index in [2.05, 4.69) is 23.3 Å². The highest BCUT2D eigenvalue weighted by Gasteiger charge is 2.30. The van der Waals surface area contributed by atoms with Crippen molar-refractivity contribution >= 4 is 46.3 Å². The number of carbonyl (C=O) groups is 2. The number of carbonyl (C=O) groups excluding carboxylic acids is 2. The average Bonchev–Trinajstić information content (AvgIpc) is 3.35. The number of methoxy groups -OCH3 is 1. The molecule has 3 aromatic rings. The number of fused-ring (bicyclic) bond motifs is 1. The highest BCUT2D eigenvalue weighted by Crippen LogP contribution is 2.32. The number of thiazole rings is 1. The van der Waals surface area contributed by atoms with Crippen molar-refractivity contribution in [2.75, 3.05) is 23.1 Å². The summed E-state index contributed by atoms with van der Waals surface area (Å²) >= 11 is 2.82. The molecule has 160 valence electrons. The summed E-state index contributed by atoms with van der Waals surface area (Å²) < 4.78 is 5.94. The Kier molecular flexibility index (Phi) is 6.58. The summed E-state index contributed by atoms with van der Waals surface area (Å²) in [4.78, 5) is 31.6. The van der Waals surface area contributed by atoms with Crippen LogP contribution in [0.25, 0.3) is 0 Å². The fraction of sp³-hybridized carbons (Fsp3) is 0.261. The van der Waals surface area contributed by atoms with Gasteiger partial charge >= 0.3 is 0 Å². The average molecular weight is 454 g/mol. The van der Waals surface area contributed by atoms with Crippen LogP contribution in [0.4, 0.5) is 11.4 Å². The lowest BCUT2D eigenvalue weighted by Gasteiger charge is -2.22. The summed E-state index contributed by atoms with van der Waals surface area (Å²) in [5, 5.41) is 4.75. The maximum absolute atomic E-state index is 12.9. The largest absolute Gasteiger partial charge is 0.497 e. The molecule has 0 spiro atoms. The van der Waals surface area contributed by atoms with E-state index in [0.29, 0.717) is 11.4 Å². The van der Waals surface area contributed by atoms with E-state index in [-0.39, 0.29) is 30.0 Å².